The monoisotopic (exact) mass is 539 g/mol. The molecule has 0 heterocycles. The molecule has 1 rings (SSSR count). The molecular weight excluding hydrogens is 509 g/mol. The lowest BCUT2D eigenvalue weighted by Gasteiger charge is -2.23. The predicted molar refractivity (Wildman–Crippen MR) is 122 cm³/mol. The fourth-order valence-corrected chi connectivity index (χ4v) is 3.35. The lowest BCUT2D eigenvalue weighted by molar-refractivity contribution is -0.117. The topological polar surface area (TPSA) is 74.3 Å². The SMILES string of the molecule is CCCC(C)N(C=O)C(=O)c1ccc(OCCOCCOCCOSI)cc1C. The van der Waals surface area contributed by atoms with Crippen LogP contribution in [-0.2, 0) is 18.5 Å². The molecule has 1 aromatic rings. The van der Waals surface area contributed by atoms with Crippen molar-refractivity contribution >= 4 is 42.7 Å². The van der Waals surface area contributed by atoms with Gasteiger partial charge in [-0.15, -0.1) is 0 Å². The maximum Gasteiger partial charge on any atom is 0.260 e. The minimum absolute atomic E-state index is 0.126. The molecule has 9 heteroatoms. The molecule has 0 radical (unpaired) electrons. The van der Waals surface area contributed by atoms with Crippen molar-refractivity contribution in [3.63, 3.8) is 0 Å². The van der Waals surface area contributed by atoms with Crippen molar-refractivity contribution in [3.8, 4) is 5.75 Å². The van der Waals surface area contributed by atoms with Crippen LogP contribution in [0.25, 0.3) is 0 Å². The molecule has 0 aliphatic rings. The number of carbonyl (C=O) groups excluding carboxylic acids is 2. The van der Waals surface area contributed by atoms with Gasteiger partial charge in [0, 0.05) is 32.8 Å². The van der Waals surface area contributed by atoms with E-state index in [1.54, 1.807) is 18.2 Å². The largest absolute Gasteiger partial charge is 0.491 e. The molecular formula is C20H30INO6S. The Morgan fingerprint density at radius 2 is 1.83 bits per heavy atom. The average Bonchev–Trinajstić information content (AvgIpc) is 2.70. The van der Waals surface area contributed by atoms with Gasteiger partial charge in [0.15, 0.2) is 0 Å². The van der Waals surface area contributed by atoms with Crippen LogP contribution in [-0.4, -0.2) is 62.9 Å². The second-order valence-electron chi connectivity index (χ2n) is 6.39. The molecule has 1 atom stereocenters. The van der Waals surface area contributed by atoms with Crippen LogP contribution in [0.4, 0.5) is 0 Å². The van der Waals surface area contributed by atoms with Crippen LogP contribution in [0.5, 0.6) is 5.75 Å². The molecule has 2 amide bonds. The van der Waals surface area contributed by atoms with Gasteiger partial charge in [-0.05, 0) is 44.0 Å². The highest BCUT2D eigenvalue weighted by molar-refractivity contribution is 14.2. The van der Waals surface area contributed by atoms with Gasteiger partial charge in [0.05, 0.1) is 42.2 Å². The van der Waals surface area contributed by atoms with Crippen LogP contribution >= 0.6 is 30.4 Å². The number of hydrogen-bond acceptors (Lipinski definition) is 7. The van der Waals surface area contributed by atoms with Crippen molar-refractivity contribution in [2.45, 2.75) is 39.7 Å². The van der Waals surface area contributed by atoms with Crippen LogP contribution in [0, 0.1) is 6.92 Å². The van der Waals surface area contributed by atoms with Gasteiger partial charge in [-0.2, -0.15) is 0 Å². The summed E-state index contributed by atoms with van der Waals surface area (Å²) in [6, 6.07) is 5.11. The Morgan fingerprint density at radius 3 is 2.41 bits per heavy atom. The van der Waals surface area contributed by atoms with Crippen molar-refractivity contribution in [2.24, 2.45) is 0 Å². The predicted octanol–water partition coefficient (Wildman–Crippen LogP) is 4.21. The molecule has 1 aromatic carbocycles. The molecule has 7 nitrogen and oxygen atoms in total. The maximum absolute atomic E-state index is 12.7. The van der Waals surface area contributed by atoms with Crippen LogP contribution in [0.3, 0.4) is 0 Å². The molecule has 0 aliphatic carbocycles. The Morgan fingerprint density at radius 1 is 1.17 bits per heavy atom. The number of benzene rings is 1. The van der Waals surface area contributed by atoms with E-state index in [1.165, 1.54) is 14.1 Å². The zero-order valence-electron chi connectivity index (χ0n) is 17.2. The molecule has 0 bridgehead atoms. The highest BCUT2D eigenvalue weighted by Gasteiger charge is 2.22. The number of aryl methyl sites for hydroxylation is 1. The Labute approximate surface area is 189 Å². The van der Waals surface area contributed by atoms with Gasteiger partial charge in [-0.3, -0.25) is 14.5 Å². The Bertz CT molecular complexity index is 619. The first-order chi connectivity index (χ1) is 14.0. The van der Waals surface area contributed by atoms with E-state index < -0.39 is 0 Å². The van der Waals surface area contributed by atoms with Gasteiger partial charge >= 0.3 is 0 Å². The van der Waals surface area contributed by atoms with E-state index in [0.29, 0.717) is 57.4 Å². The maximum atomic E-state index is 12.7. The van der Waals surface area contributed by atoms with E-state index in [-0.39, 0.29) is 11.9 Å². The molecule has 29 heavy (non-hydrogen) atoms. The van der Waals surface area contributed by atoms with E-state index >= 15 is 0 Å². The fraction of sp³-hybridized carbons (Fsp3) is 0.600. The van der Waals surface area contributed by atoms with Gasteiger partial charge in [-0.1, -0.05) is 13.3 Å². The van der Waals surface area contributed by atoms with Crippen molar-refractivity contribution in [1.82, 2.24) is 4.90 Å². The quantitative estimate of drug-likeness (QED) is 0.135. The number of halogens is 1. The summed E-state index contributed by atoms with van der Waals surface area (Å²) in [6.07, 6.45) is 2.30. The van der Waals surface area contributed by atoms with E-state index in [2.05, 4.69) is 21.2 Å². The van der Waals surface area contributed by atoms with Crippen LogP contribution in [0.2, 0.25) is 0 Å². The third-order valence-electron chi connectivity index (χ3n) is 4.18. The third kappa shape index (κ3) is 10.1. The van der Waals surface area contributed by atoms with E-state index in [9.17, 15) is 9.59 Å². The van der Waals surface area contributed by atoms with Crippen molar-refractivity contribution in [3.05, 3.63) is 29.3 Å². The first-order valence-electron chi connectivity index (χ1n) is 9.62. The number of imide groups is 1. The summed E-state index contributed by atoms with van der Waals surface area (Å²) in [6.45, 7) is 8.67. The van der Waals surface area contributed by atoms with Crippen molar-refractivity contribution < 1.29 is 28.0 Å². The van der Waals surface area contributed by atoms with E-state index in [4.69, 9.17) is 18.4 Å². The highest BCUT2D eigenvalue weighted by Crippen LogP contribution is 2.20. The van der Waals surface area contributed by atoms with Crippen LogP contribution in [0.1, 0.15) is 42.6 Å². The van der Waals surface area contributed by atoms with Crippen molar-refractivity contribution in [2.75, 3.05) is 39.6 Å². The summed E-state index contributed by atoms with van der Waals surface area (Å²) in [5.41, 5.74) is 1.27. The minimum Gasteiger partial charge on any atom is -0.491 e. The smallest absolute Gasteiger partial charge is 0.260 e. The number of rotatable bonds is 16. The normalized spacial score (nSPS) is 11.9. The second kappa shape index (κ2) is 15.9. The Hall–Kier alpha value is -0.880. The number of carbonyl (C=O) groups is 2. The van der Waals surface area contributed by atoms with Gasteiger partial charge in [0.2, 0.25) is 6.41 Å². The van der Waals surface area contributed by atoms with Gasteiger partial charge in [-0.25, -0.2) is 0 Å². The molecule has 0 saturated carbocycles. The molecule has 0 aliphatic heterocycles. The first kappa shape index (κ1) is 26.2. The zero-order valence-corrected chi connectivity index (χ0v) is 20.2. The Kier molecular flexibility index (Phi) is 14.3. The molecule has 0 fully saturated rings. The van der Waals surface area contributed by atoms with Gasteiger partial charge in [0.25, 0.3) is 5.91 Å². The molecule has 0 aromatic heterocycles. The van der Waals surface area contributed by atoms with Crippen LogP contribution in [0.15, 0.2) is 18.2 Å². The average molecular weight is 539 g/mol. The third-order valence-corrected chi connectivity index (χ3v) is 5.20. The number of ether oxygens (including phenoxy) is 3. The summed E-state index contributed by atoms with van der Waals surface area (Å²) in [4.78, 5) is 25.3. The summed E-state index contributed by atoms with van der Waals surface area (Å²) in [5.74, 6) is 0.377. The summed E-state index contributed by atoms with van der Waals surface area (Å²) >= 11 is 2.06. The number of amides is 2. The first-order valence-corrected chi connectivity index (χ1v) is 12.9. The summed E-state index contributed by atoms with van der Waals surface area (Å²) in [7, 11) is 1.29. The zero-order chi connectivity index (χ0) is 21.5. The van der Waals surface area contributed by atoms with E-state index in [1.807, 2.05) is 20.8 Å². The fourth-order valence-electron chi connectivity index (χ4n) is 2.68. The second-order valence-corrected chi connectivity index (χ2v) is 7.83. The van der Waals surface area contributed by atoms with Crippen LogP contribution < -0.4 is 4.74 Å². The number of nitrogens with zero attached hydrogens (tertiary/aromatic N) is 1. The molecule has 0 N–H and O–H groups in total. The lowest BCUT2D eigenvalue weighted by atomic mass is 10.1. The lowest BCUT2D eigenvalue weighted by Crippen LogP contribution is -2.37. The summed E-state index contributed by atoms with van der Waals surface area (Å²) < 4.78 is 21.5. The van der Waals surface area contributed by atoms with E-state index in [0.717, 1.165) is 18.4 Å². The van der Waals surface area contributed by atoms with Gasteiger partial charge in [0.1, 0.15) is 12.4 Å². The molecule has 0 saturated heterocycles. The standard InChI is InChI=1S/C20H30INO6S/c1-4-5-17(3)22(15-23)20(24)19-7-6-18(14-16(19)2)27-12-10-25-8-9-26-11-13-28-29-21/h6-7,14-15,17H,4-5,8-13H2,1-3H3. The molecule has 1 unspecified atom stereocenters. The summed E-state index contributed by atoms with van der Waals surface area (Å²) in [5, 5.41) is 0. The Balaban J connectivity index is 2.39. The minimum atomic E-state index is -0.282. The highest BCUT2D eigenvalue weighted by atomic mass is 127. The van der Waals surface area contributed by atoms with Gasteiger partial charge < -0.3 is 18.4 Å². The molecule has 0 spiro atoms. The van der Waals surface area contributed by atoms with Crippen molar-refractivity contribution in [1.29, 1.82) is 0 Å². The molecule has 164 valence electrons. The number of hydrogen-bond donors (Lipinski definition) is 0.